The van der Waals surface area contributed by atoms with Crippen LogP contribution in [0.1, 0.15) is 5.56 Å². The van der Waals surface area contributed by atoms with Crippen molar-refractivity contribution in [2.75, 3.05) is 25.4 Å². The number of carbonyl (C=O) groups is 1. The van der Waals surface area contributed by atoms with Gasteiger partial charge in [-0.3, -0.25) is 0 Å². The number of hydrogen-bond donors (Lipinski definition) is 3. The molecule has 5 nitrogen and oxygen atoms in total. The lowest BCUT2D eigenvalue weighted by molar-refractivity contribution is 0.168. The van der Waals surface area contributed by atoms with E-state index in [0.717, 1.165) is 17.3 Å². The Morgan fingerprint density at radius 3 is 2.65 bits per heavy atom. The summed E-state index contributed by atoms with van der Waals surface area (Å²) >= 11 is 6.14. The highest BCUT2D eigenvalue weighted by molar-refractivity contribution is 8.13. The third-order valence-electron chi connectivity index (χ3n) is 2.24. The van der Waals surface area contributed by atoms with E-state index in [1.54, 1.807) is 0 Å². The molecule has 7 heteroatoms. The normalized spacial score (nSPS) is 9.85. The predicted molar refractivity (Wildman–Crippen MR) is 86.7 cm³/mol. The van der Waals surface area contributed by atoms with E-state index in [1.165, 1.54) is 0 Å². The Hall–Kier alpha value is -1.31. The van der Waals surface area contributed by atoms with Crippen LogP contribution in [0.2, 0.25) is 0 Å². The van der Waals surface area contributed by atoms with Gasteiger partial charge in [0.05, 0.1) is 0 Å². The second-order valence-corrected chi connectivity index (χ2v) is 5.28. The highest BCUT2D eigenvalue weighted by atomic mass is 32.2. The van der Waals surface area contributed by atoms with Crippen LogP contribution in [0.5, 0.6) is 0 Å². The van der Waals surface area contributed by atoms with Gasteiger partial charge in [0.25, 0.3) is 0 Å². The lowest BCUT2D eigenvalue weighted by Crippen LogP contribution is -2.38. The van der Waals surface area contributed by atoms with Crippen LogP contribution in [0, 0.1) is 0 Å². The summed E-state index contributed by atoms with van der Waals surface area (Å²) in [5, 5.41) is 6.19. The van der Waals surface area contributed by atoms with Crippen molar-refractivity contribution < 1.29 is 9.53 Å². The predicted octanol–water partition coefficient (Wildman–Crippen LogP) is 1.48. The van der Waals surface area contributed by atoms with Crippen LogP contribution in [0.4, 0.5) is 4.79 Å². The molecule has 0 bridgehead atoms. The molecule has 0 atom stereocenters. The van der Waals surface area contributed by atoms with Crippen LogP contribution in [-0.2, 0) is 11.3 Å². The van der Waals surface area contributed by atoms with Crippen LogP contribution in [0.15, 0.2) is 30.3 Å². The van der Waals surface area contributed by atoms with Gasteiger partial charge in [-0.15, -0.1) is 0 Å². The Balaban J connectivity index is 2.04. The van der Waals surface area contributed by atoms with E-state index in [4.69, 9.17) is 22.7 Å². The summed E-state index contributed by atoms with van der Waals surface area (Å²) in [4.78, 5) is 11.5. The van der Waals surface area contributed by atoms with Crippen molar-refractivity contribution in [3.8, 4) is 0 Å². The maximum atomic E-state index is 11.5. The van der Waals surface area contributed by atoms with Crippen molar-refractivity contribution in [1.29, 1.82) is 0 Å². The third kappa shape index (κ3) is 7.98. The van der Waals surface area contributed by atoms with Crippen LogP contribution >= 0.6 is 24.0 Å². The van der Waals surface area contributed by atoms with Crippen molar-refractivity contribution >= 4 is 34.4 Å². The fourth-order valence-electron chi connectivity index (χ4n) is 1.31. The number of hydrogen-bond acceptors (Lipinski definition) is 5. The lowest BCUT2D eigenvalue weighted by Gasteiger charge is -2.09. The highest BCUT2D eigenvalue weighted by Gasteiger charge is 2.04. The van der Waals surface area contributed by atoms with Gasteiger partial charge >= 0.3 is 5.30 Å². The summed E-state index contributed by atoms with van der Waals surface area (Å²) in [6, 6.07) is 9.58. The number of nitrogens with two attached hydrogens (primary N) is 1. The number of thiocarbonyl (C=S) groups is 1. The largest absolute Gasteiger partial charge is 0.453 e. The van der Waals surface area contributed by atoms with Gasteiger partial charge < -0.3 is 21.1 Å². The maximum Gasteiger partial charge on any atom is 0.367 e. The first kappa shape index (κ1) is 16.7. The zero-order valence-corrected chi connectivity index (χ0v) is 12.8. The van der Waals surface area contributed by atoms with Crippen molar-refractivity contribution in [2.24, 2.45) is 5.73 Å². The smallest absolute Gasteiger partial charge is 0.367 e. The summed E-state index contributed by atoms with van der Waals surface area (Å²) in [7, 11) is 0. The van der Waals surface area contributed by atoms with Crippen molar-refractivity contribution in [3.05, 3.63) is 35.9 Å². The van der Waals surface area contributed by atoms with Crippen LogP contribution in [0.25, 0.3) is 0 Å². The molecule has 20 heavy (non-hydrogen) atoms. The topological polar surface area (TPSA) is 76.4 Å². The van der Waals surface area contributed by atoms with Crippen LogP contribution in [0.3, 0.4) is 0 Å². The number of benzene rings is 1. The van der Waals surface area contributed by atoms with E-state index in [1.807, 2.05) is 30.3 Å². The fraction of sp³-hybridized carbons (Fsp3) is 0.385. The molecule has 0 fully saturated rings. The third-order valence-corrected chi connectivity index (χ3v) is 3.29. The summed E-state index contributed by atoms with van der Waals surface area (Å²) in [5.41, 5.74) is 6.32. The molecule has 0 aliphatic carbocycles. The Morgan fingerprint density at radius 2 is 1.95 bits per heavy atom. The Bertz CT molecular complexity index is 415. The molecule has 0 amide bonds. The van der Waals surface area contributed by atoms with Gasteiger partial charge in [-0.1, -0.05) is 30.3 Å². The van der Waals surface area contributed by atoms with Gasteiger partial charge in [0.1, 0.15) is 6.61 Å². The molecule has 0 radical (unpaired) electrons. The highest BCUT2D eigenvalue weighted by Crippen LogP contribution is 2.08. The van der Waals surface area contributed by atoms with Gasteiger partial charge in [-0.05, 0) is 29.5 Å². The Morgan fingerprint density at radius 1 is 1.25 bits per heavy atom. The first-order chi connectivity index (χ1) is 9.72. The van der Waals surface area contributed by atoms with Gasteiger partial charge in [0.15, 0.2) is 5.11 Å². The molecule has 0 unspecified atom stereocenters. The molecule has 0 aliphatic heterocycles. The molecule has 4 N–H and O–H groups in total. The lowest BCUT2D eigenvalue weighted by atomic mass is 10.2. The standard InChI is InChI=1S/C13H19N3O2S2/c14-6-7-15-12(19)16-8-9-20-13(17)18-10-11-4-2-1-3-5-11/h1-5H,6-10,14H2,(H2,15,16,19). The van der Waals surface area contributed by atoms with Gasteiger partial charge in [0, 0.05) is 25.4 Å². The number of thioether (sulfide) groups is 1. The second-order valence-electron chi connectivity index (χ2n) is 3.84. The van der Waals surface area contributed by atoms with Gasteiger partial charge in [-0.2, -0.15) is 0 Å². The van der Waals surface area contributed by atoms with E-state index in [2.05, 4.69) is 10.6 Å². The number of nitrogens with one attached hydrogen (secondary N) is 2. The Kier molecular flexibility index (Phi) is 8.77. The molecule has 1 rings (SSSR count). The van der Waals surface area contributed by atoms with Crippen molar-refractivity contribution in [1.82, 2.24) is 10.6 Å². The van der Waals surface area contributed by atoms with E-state index in [0.29, 0.717) is 37.1 Å². The minimum absolute atomic E-state index is 0.281. The zero-order valence-electron chi connectivity index (χ0n) is 11.1. The van der Waals surface area contributed by atoms with E-state index >= 15 is 0 Å². The number of carbonyl (C=O) groups excluding carboxylic acids is 1. The van der Waals surface area contributed by atoms with E-state index in [-0.39, 0.29) is 5.30 Å². The molecular formula is C13H19N3O2S2. The molecule has 1 aromatic rings. The maximum absolute atomic E-state index is 11.5. The fourth-order valence-corrected chi connectivity index (χ4v) is 2.02. The molecule has 0 aromatic heterocycles. The summed E-state index contributed by atoms with van der Waals surface area (Å²) in [5.74, 6) is 0.595. The van der Waals surface area contributed by atoms with E-state index < -0.39 is 0 Å². The van der Waals surface area contributed by atoms with Crippen LogP contribution < -0.4 is 16.4 Å². The average molecular weight is 313 g/mol. The molecular weight excluding hydrogens is 294 g/mol. The summed E-state index contributed by atoms with van der Waals surface area (Å²) in [6.07, 6.45) is 0. The molecule has 0 saturated heterocycles. The zero-order chi connectivity index (χ0) is 14.6. The molecule has 0 saturated carbocycles. The first-order valence-electron chi connectivity index (χ1n) is 6.27. The molecule has 1 aromatic carbocycles. The number of rotatable bonds is 7. The average Bonchev–Trinajstić information content (AvgIpc) is 2.48. The Labute approximate surface area is 128 Å². The number of ether oxygens (including phenoxy) is 1. The van der Waals surface area contributed by atoms with Gasteiger partial charge in [0.2, 0.25) is 0 Å². The summed E-state index contributed by atoms with van der Waals surface area (Å²) in [6.45, 7) is 2.07. The van der Waals surface area contributed by atoms with Crippen LogP contribution in [-0.4, -0.2) is 35.8 Å². The van der Waals surface area contributed by atoms with Crippen molar-refractivity contribution in [2.45, 2.75) is 6.61 Å². The minimum Gasteiger partial charge on any atom is -0.453 e. The van der Waals surface area contributed by atoms with Crippen molar-refractivity contribution in [3.63, 3.8) is 0 Å². The molecule has 0 heterocycles. The minimum atomic E-state index is -0.281. The summed E-state index contributed by atoms with van der Waals surface area (Å²) < 4.78 is 5.13. The molecule has 110 valence electrons. The first-order valence-corrected chi connectivity index (χ1v) is 7.67. The molecule has 0 spiro atoms. The van der Waals surface area contributed by atoms with E-state index in [9.17, 15) is 4.79 Å². The SMILES string of the molecule is NCCNC(=S)NCCSC(=O)OCc1ccccc1. The quantitative estimate of drug-likeness (QED) is 0.400. The second kappa shape index (κ2) is 10.5. The monoisotopic (exact) mass is 313 g/mol. The molecule has 0 aliphatic rings. The van der Waals surface area contributed by atoms with Gasteiger partial charge in [-0.25, -0.2) is 4.79 Å².